The zero-order chi connectivity index (χ0) is 12.4. The lowest BCUT2D eigenvalue weighted by molar-refractivity contribution is 0.149. The van der Waals surface area contributed by atoms with Crippen LogP contribution in [-0.4, -0.2) is 38.8 Å². The van der Waals surface area contributed by atoms with Gasteiger partial charge in [-0.15, -0.1) is 5.11 Å². The molecule has 0 fully saturated rings. The lowest BCUT2D eigenvalue weighted by Crippen LogP contribution is -2.21. The summed E-state index contributed by atoms with van der Waals surface area (Å²) in [7, 11) is -1.01. The van der Waals surface area contributed by atoms with Crippen molar-refractivity contribution in [3.63, 3.8) is 0 Å². The first-order valence-electron chi connectivity index (χ1n) is 5.29. The SMILES string of the molecule is C/C(CO)=N\NN=NCOCC[Si](C)(C)C. The molecule has 0 aliphatic heterocycles. The van der Waals surface area contributed by atoms with Gasteiger partial charge in [-0.25, -0.2) is 0 Å². The van der Waals surface area contributed by atoms with Crippen LogP contribution in [0.3, 0.4) is 0 Å². The van der Waals surface area contributed by atoms with Gasteiger partial charge in [-0.3, -0.25) is 0 Å². The lowest BCUT2D eigenvalue weighted by Gasteiger charge is -2.14. The predicted octanol–water partition coefficient (Wildman–Crippen LogP) is 1.62. The van der Waals surface area contributed by atoms with Crippen LogP contribution in [0.5, 0.6) is 0 Å². The van der Waals surface area contributed by atoms with E-state index in [1.807, 2.05) is 0 Å². The van der Waals surface area contributed by atoms with Crippen molar-refractivity contribution in [1.82, 2.24) is 5.53 Å². The fraction of sp³-hybridized carbons (Fsp3) is 0.889. The molecular formula is C9H22N4O2Si. The Balaban J connectivity index is 3.42. The lowest BCUT2D eigenvalue weighted by atomic mass is 10.5. The summed E-state index contributed by atoms with van der Waals surface area (Å²) >= 11 is 0. The van der Waals surface area contributed by atoms with Gasteiger partial charge in [0.2, 0.25) is 0 Å². The average Bonchev–Trinajstić information content (AvgIpc) is 2.20. The van der Waals surface area contributed by atoms with Gasteiger partial charge >= 0.3 is 0 Å². The molecular weight excluding hydrogens is 224 g/mol. The van der Waals surface area contributed by atoms with Gasteiger partial charge in [-0.05, 0) is 13.0 Å². The van der Waals surface area contributed by atoms with Crippen molar-refractivity contribution in [3.05, 3.63) is 0 Å². The number of ether oxygens (including phenoxy) is 1. The first kappa shape index (κ1) is 15.2. The van der Waals surface area contributed by atoms with Crippen LogP contribution >= 0.6 is 0 Å². The predicted molar refractivity (Wildman–Crippen MR) is 67.2 cm³/mol. The number of hydrogen-bond acceptors (Lipinski definition) is 5. The van der Waals surface area contributed by atoms with Crippen molar-refractivity contribution < 1.29 is 9.84 Å². The number of rotatable bonds is 8. The van der Waals surface area contributed by atoms with Crippen LogP contribution in [0.25, 0.3) is 0 Å². The van der Waals surface area contributed by atoms with Crippen LogP contribution in [0, 0.1) is 0 Å². The summed E-state index contributed by atoms with van der Waals surface area (Å²) in [5, 5.41) is 19.6. The maximum absolute atomic E-state index is 8.62. The summed E-state index contributed by atoms with van der Waals surface area (Å²) in [5.74, 6) is 0. The Bertz CT molecular complexity index is 238. The topological polar surface area (TPSA) is 78.6 Å². The molecule has 94 valence electrons. The molecule has 0 heterocycles. The van der Waals surface area contributed by atoms with Crippen LogP contribution in [-0.2, 0) is 4.74 Å². The highest BCUT2D eigenvalue weighted by atomic mass is 28.3. The minimum absolute atomic E-state index is 0.0881. The van der Waals surface area contributed by atoms with Gasteiger partial charge in [0, 0.05) is 14.7 Å². The molecule has 0 radical (unpaired) electrons. The molecule has 0 unspecified atom stereocenters. The van der Waals surface area contributed by atoms with Crippen molar-refractivity contribution in [2.24, 2.45) is 15.4 Å². The standard InChI is InChI=1S/C9H22N4O2Si/c1-9(7-14)11-13-12-10-8-15-5-6-16(2,3)4/h14H,5-8H2,1-4H3,(H,10,13)/b11-9+. The van der Waals surface area contributed by atoms with Crippen molar-refractivity contribution in [1.29, 1.82) is 0 Å². The monoisotopic (exact) mass is 246 g/mol. The molecule has 0 amide bonds. The van der Waals surface area contributed by atoms with Gasteiger partial charge in [0.05, 0.1) is 12.3 Å². The maximum Gasteiger partial charge on any atom is 0.160 e. The van der Waals surface area contributed by atoms with E-state index in [9.17, 15) is 0 Å². The smallest absolute Gasteiger partial charge is 0.160 e. The van der Waals surface area contributed by atoms with Crippen LogP contribution in [0.1, 0.15) is 6.92 Å². The summed E-state index contributed by atoms with van der Waals surface area (Å²) < 4.78 is 5.28. The third kappa shape index (κ3) is 11.3. The number of hydrogen-bond donors (Lipinski definition) is 2. The number of aliphatic hydroxyl groups excluding tert-OH is 1. The van der Waals surface area contributed by atoms with Crippen LogP contribution < -0.4 is 5.53 Å². The molecule has 0 saturated carbocycles. The highest BCUT2D eigenvalue weighted by molar-refractivity contribution is 6.76. The van der Waals surface area contributed by atoms with Gasteiger partial charge in [-0.2, -0.15) is 10.6 Å². The molecule has 16 heavy (non-hydrogen) atoms. The Kier molecular flexibility index (Phi) is 7.95. The second kappa shape index (κ2) is 8.37. The van der Waals surface area contributed by atoms with Crippen molar-refractivity contribution in [2.75, 3.05) is 19.9 Å². The summed E-state index contributed by atoms with van der Waals surface area (Å²) in [6.07, 6.45) is 0. The van der Waals surface area contributed by atoms with Crippen LogP contribution in [0.4, 0.5) is 0 Å². The van der Waals surface area contributed by atoms with Crippen LogP contribution in [0.2, 0.25) is 25.7 Å². The quantitative estimate of drug-likeness (QED) is 0.225. The van der Waals surface area contributed by atoms with Crippen LogP contribution in [0.15, 0.2) is 15.4 Å². The normalized spacial score (nSPS) is 13.4. The molecule has 0 bridgehead atoms. The molecule has 0 aromatic rings. The fourth-order valence-electron chi connectivity index (χ4n) is 0.687. The zero-order valence-electron chi connectivity index (χ0n) is 10.5. The van der Waals surface area contributed by atoms with Crippen molar-refractivity contribution in [3.8, 4) is 0 Å². The third-order valence-electron chi connectivity index (χ3n) is 1.73. The first-order valence-corrected chi connectivity index (χ1v) is 8.99. The summed E-state index contributed by atoms with van der Waals surface area (Å²) in [5.41, 5.74) is 2.91. The first-order chi connectivity index (χ1) is 7.45. The Morgan fingerprint density at radius 2 is 2.06 bits per heavy atom. The van der Waals surface area contributed by atoms with Gasteiger partial charge in [0.1, 0.15) is 0 Å². The molecule has 0 aromatic heterocycles. The molecule has 0 aromatic carbocycles. The van der Waals surface area contributed by atoms with E-state index < -0.39 is 8.07 Å². The Morgan fingerprint density at radius 3 is 2.62 bits per heavy atom. The highest BCUT2D eigenvalue weighted by Gasteiger charge is 2.11. The maximum atomic E-state index is 8.62. The van der Waals surface area contributed by atoms with E-state index >= 15 is 0 Å². The highest BCUT2D eigenvalue weighted by Crippen LogP contribution is 2.07. The second-order valence-electron chi connectivity index (χ2n) is 4.69. The summed E-state index contributed by atoms with van der Waals surface area (Å²) in [6, 6.07) is 1.12. The van der Waals surface area contributed by atoms with E-state index in [2.05, 4.69) is 40.6 Å². The largest absolute Gasteiger partial charge is 0.390 e. The van der Waals surface area contributed by atoms with Crippen molar-refractivity contribution in [2.45, 2.75) is 32.6 Å². The molecule has 2 N–H and O–H groups in total. The molecule has 0 rings (SSSR count). The van der Waals surface area contributed by atoms with E-state index in [-0.39, 0.29) is 13.3 Å². The Morgan fingerprint density at radius 1 is 1.38 bits per heavy atom. The van der Waals surface area contributed by atoms with E-state index in [1.165, 1.54) is 0 Å². The van der Waals surface area contributed by atoms with Gasteiger partial charge in [0.15, 0.2) is 6.73 Å². The van der Waals surface area contributed by atoms with E-state index in [0.717, 1.165) is 12.7 Å². The Labute approximate surface area is 97.8 Å². The molecule has 7 heteroatoms. The number of hydrazone groups is 1. The molecule has 0 aliphatic rings. The minimum atomic E-state index is -1.01. The Hall–Kier alpha value is -0.793. The second-order valence-corrected chi connectivity index (χ2v) is 10.3. The molecule has 0 saturated heterocycles. The summed E-state index contributed by atoms with van der Waals surface area (Å²) in [6.45, 7) is 9.46. The number of nitrogens with one attached hydrogen (secondary N) is 1. The third-order valence-corrected chi connectivity index (χ3v) is 3.43. The number of nitrogens with zero attached hydrogens (tertiary/aromatic N) is 3. The van der Waals surface area contributed by atoms with E-state index in [4.69, 9.17) is 9.84 Å². The summed E-state index contributed by atoms with van der Waals surface area (Å²) in [4.78, 5) is 0. The number of aliphatic hydroxyl groups is 1. The van der Waals surface area contributed by atoms with Crippen molar-refractivity contribution >= 4 is 13.8 Å². The minimum Gasteiger partial charge on any atom is -0.390 e. The molecule has 6 nitrogen and oxygen atoms in total. The average molecular weight is 246 g/mol. The molecule has 0 spiro atoms. The van der Waals surface area contributed by atoms with Gasteiger partial charge in [-0.1, -0.05) is 24.9 Å². The van der Waals surface area contributed by atoms with Gasteiger partial charge in [0.25, 0.3) is 0 Å². The van der Waals surface area contributed by atoms with E-state index in [1.54, 1.807) is 6.92 Å². The zero-order valence-corrected chi connectivity index (χ0v) is 11.5. The van der Waals surface area contributed by atoms with E-state index in [0.29, 0.717) is 5.71 Å². The molecule has 0 aliphatic carbocycles. The molecule has 0 atom stereocenters. The van der Waals surface area contributed by atoms with Gasteiger partial charge < -0.3 is 9.84 Å². The fourth-order valence-corrected chi connectivity index (χ4v) is 1.44.